The Kier molecular flexibility index (Phi) is 7.39. The maximum atomic E-state index is 9.68. The smallest absolute Gasteiger partial charge is 0.158 e. The molecule has 120 valence electrons. The number of methoxy groups -OCH3 is 1. The Bertz CT molecular complexity index is 414. The Morgan fingerprint density at radius 3 is 2.38 bits per heavy atom. The minimum absolute atomic E-state index is 0.0708. The van der Waals surface area contributed by atoms with Crippen molar-refractivity contribution in [1.29, 1.82) is 0 Å². The summed E-state index contributed by atoms with van der Waals surface area (Å²) >= 11 is 0. The van der Waals surface area contributed by atoms with Crippen LogP contribution in [0.15, 0.2) is 6.07 Å². The number of ether oxygens (including phenoxy) is 1. The van der Waals surface area contributed by atoms with Crippen molar-refractivity contribution in [2.75, 3.05) is 30.9 Å². The molecule has 6 heteroatoms. The number of hydrogen-bond acceptors (Lipinski definition) is 6. The standard InChI is InChI=1S/C15H28N4O2/c1-5-8-16-12-9-13(18-14(17-12)10-21-4)19-15(6-2,7-3)11-20/h9,20H,5-8,10-11H2,1-4H3,(H2,16,17,18,19). The van der Waals surface area contributed by atoms with Crippen molar-refractivity contribution in [2.45, 2.75) is 52.2 Å². The summed E-state index contributed by atoms with van der Waals surface area (Å²) in [7, 11) is 1.62. The zero-order valence-electron chi connectivity index (χ0n) is 13.6. The Labute approximate surface area is 127 Å². The second-order valence-electron chi connectivity index (χ2n) is 5.18. The molecule has 21 heavy (non-hydrogen) atoms. The van der Waals surface area contributed by atoms with Gasteiger partial charge in [-0.15, -0.1) is 0 Å². The highest BCUT2D eigenvalue weighted by atomic mass is 16.5. The fourth-order valence-electron chi connectivity index (χ4n) is 2.06. The molecular formula is C15H28N4O2. The van der Waals surface area contributed by atoms with Crippen molar-refractivity contribution in [1.82, 2.24) is 9.97 Å². The fourth-order valence-corrected chi connectivity index (χ4v) is 2.06. The second kappa shape index (κ2) is 8.79. The van der Waals surface area contributed by atoms with Crippen LogP contribution in [0.5, 0.6) is 0 Å². The third kappa shape index (κ3) is 5.13. The molecule has 0 bridgehead atoms. The molecule has 0 atom stereocenters. The lowest BCUT2D eigenvalue weighted by molar-refractivity contribution is 0.177. The first-order chi connectivity index (χ1) is 10.1. The lowest BCUT2D eigenvalue weighted by Crippen LogP contribution is -2.41. The minimum Gasteiger partial charge on any atom is -0.394 e. The summed E-state index contributed by atoms with van der Waals surface area (Å²) in [6, 6.07) is 1.88. The second-order valence-corrected chi connectivity index (χ2v) is 5.18. The average Bonchev–Trinajstić information content (AvgIpc) is 2.51. The van der Waals surface area contributed by atoms with Crippen LogP contribution >= 0.6 is 0 Å². The molecule has 0 aliphatic carbocycles. The van der Waals surface area contributed by atoms with Gasteiger partial charge in [-0.1, -0.05) is 20.8 Å². The van der Waals surface area contributed by atoms with Crippen LogP contribution in [0.4, 0.5) is 11.6 Å². The van der Waals surface area contributed by atoms with E-state index in [1.807, 2.05) is 6.07 Å². The Hall–Kier alpha value is -1.40. The van der Waals surface area contributed by atoms with Crippen LogP contribution in [0.1, 0.15) is 45.9 Å². The number of hydrogen-bond donors (Lipinski definition) is 3. The van der Waals surface area contributed by atoms with Crippen molar-refractivity contribution in [3.63, 3.8) is 0 Å². The van der Waals surface area contributed by atoms with Gasteiger partial charge >= 0.3 is 0 Å². The number of anilines is 2. The first-order valence-electron chi connectivity index (χ1n) is 7.62. The SMILES string of the molecule is CCCNc1cc(NC(CC)(CC)CO)nc(COC)n1. The third-order valence-electron chi connectivity index (χ3n) is 3.65. The molecular weight excluding hydrogens is 268 g/mol. The highest BCUT2D eigenvalue weighted by Crippen LogP contribution is 2.22. The molecule has 1 aromatic rings. The number of nitrogens with one attached hydrogen (secondary N) is 2. The summed E-state index contributed by atoms with van der Waals surface area (Å²) in [6.07, 6.45) is 2.67. The molecule has 0 unspecified atom stereocenters. The van der Waals surface area contributed by atoms with Gasteiger partial charge in [0.2, 0.25) is 0 Å². The van der Waals surface area contributed by atoms with E-state index < -0.39 is 0 Å². The Morgan fingerprint density at radius 1 is 1.19 bits per heavy atom. The topological polar surface area (TPSA) is 79.3 Å². The maximum absolute atomic E-state index is 9.68. The number of rotatable bonds is 10. The summed E-state index contributed by atoms with van der Waals surface area (Å²) in [4.78, 5) is 8.88. The molecule has 0 aromatic carbocycles. The van der Waals surface area contributed by atoms with Gasteiger partial charge in [-0.3, -0.25) is 0 Å². The van der Waals surface area contributed by atoms with E-state index in [0.717, 1.165) is 31.6 Å². The zero-order chi connectivity index (χ0) is 15.7. The molecule has 0 radical (unpaired) electrons. The van der Waals surface area contributed by atoms with Gasteiger partial charge in [0.15, 0.2) is 5.82 Å². The van der Waals surface area contributed by atoms with Gasteiger partial charge in [-0.25, -0.2) is 9.97 Å². The summed E-state index contributed by atoms with van der Waals surface area (Å²) in [5.41, 5.74) is -0.347. The molecule has 0 aliphatic rings. The number of aliphatic hydroxyl groups excluding tert-OH is 1. The number of aliphatic hydroxyl groups is 1. The van der Waals surface area contributed by atoms with Gasteiger partial charge in [-0.2, -0.15) is 0 Å². The summed E-state index contributed by atoms with van der Waals surface area (Å²) in [5, 5.41) is 16.3. The highest BCUT2D eigenvalue weighted by Gasteiger charge is 2.25. The summed E-state index contributed by atoms with van der Waals surface area (Å²) in [5.74, 6) is 2.12. The van der Waals surface area contributed by atoms with Gasteiger partial charge in [-0.05, 0) is 19.3 Å². The van der Waals surface area contributed by atoms with E-state index in [-0.39, 0.29) is 12.1 Å². The van der Waals surface area contributed by atoms with Gasteiger partial charge in [0.1, 0.15) is 18.2 Å². The van der Waals surface area contributed by atoms with Crippen molar-refractivity contribution in [3.05, 3.63) is 11.9 Å². The molecule has 6 nitrogen and oxygen atoms in total. The first kappa shape index (κ1) is 17.7. The molecule has 0 spiro atoms. The molecule has 3 N–H and O–H groups in total. The van der Waals surface area contributed by atoms with Gasteiger partial charge < -0.3 is 20.5 Å². The molecule has 0 saturated carbocycles. The van der Waals surface area contributed by atoms with Crippen molar-refractivity contribution in [2.24, 2.45) is 0 Å². The van der Waals surface area contributed by atoms with Crippen LogP contribution < -0.4 is 10.6 Å². The minimum atomic E-state index is -0.347. The lowest BCUT2D eigenvalue weighted by Gasteiger charge is -2.31. The van der Waals surface area contributed by atoms with Gasteiger partial charge in [0.25, 0.3) is 0 Å². The highest BCUT2D eigenvalue weighted by molar-refractivity contribution is 5.49. The maximum Gasteiger partial charge on any atom is 0.158 e. The van der Waals surface area contributed by atoms with E-state index in [4.69, 9.17) is 4.74 Å². The van der Waals surface area contributed by atoms with E-state index in [1.165, 1.54) is 0 Å². The van der Waals surface area contributed by atoms with Crippen LogP contribution in [0, 0.1) is 0 Å². The monoisotopic (exact) mass is 296 g/mol. The largest absolute Gasteiger partial charge is 0.394 e. The number of aromatic nitrogens is 2. The van der Waals surface area contributed by atoms with E-state index in [1.54, 1.807) is 7.11 Å². The Balaban J connectivity index is 3.00. The van der Waals surface area contributed by atoms with Crippen molar-refractivity contribution < 1.29 is 9.84 Å². The molecule has 1 rings (SSSR count). The van der Waals surface area contributed by atoms with Crippen molar-refractivity contribution >= 4 is 11.6 Å². The van der Waals surface area contributed by atoms with Crippen LogP contribution in [0.2, 0.25) is 0 Å². The quantitative estimate of drug-likeness (QED) is 0.615. The van der Waals surface area contributed by atoms with Gasteiger partial charge in [0, 0.05) is 19.7 Å². The third-order valence-corrected chi connectivity index (χ3v) is 3.65. The van der Waals surface area contributed by atoms with E-state index in [2.05, 4.69) is 41.4 Å². The predicted octanol–water partition coefficient (Wildman–Crippen LogP) is 2.41. The molecule has 0 saturated heterocycles. The van der Waals surface area contributed by atoms with E-state index in [0.29, 0.717) is 18.2 Å². The lowest BCUT2D eigenvalue weighted by atomic mass is 9.94. The molecule has 0 aliphatic heterocycles. The molecule has 1 heterocycles. The van der Waals surface area contributed by atoms with Crippen molar-refractivity contribution in [3.8, 4) is 0 Å². The first-order valence-corrected chi connectivity index (χ1v) is 7.62. The predicted molar refractivity (Wildman–Crippen MR) is 85.5 cm³/mol. The summed E-state index contributed by atoms with van der Waals surface area (Å²) < 4.78 is 5.12. The summed E-state index contributed by atoms with van der Waals surface area (Å²) in [6.45, 7) is 7.51. The zero-order valence-corrected chi connectivity index (χ0v) is 13.6. The van der Waals surface area contributed by atoms with E-state index >= 15 is 0 Å². The van der Waals surface area contributed by atoms with Crippen LogP contribution in [0.25, 0.3) is 0 Å². The molecule has 1 aromatic heterocycles. The fraction of sp³-hybridized carbons (Fsp3) is 0.733. The average molecular weight is 296 g/mol. The normalized spacial score (nSPS) is 11.5. The van der Waals surface area contributed by atoms with Gasteiger partial charge in [0.05, 0.1) is 12.1 Å². The van der Waals surface area contributed by atoms with Crippen LogP contribution in [-0.4, -0.2) is 40.9 Å². The van der Waals surface area contributed by atoms with E-state index in [9.17, 15) is 5.11 Å². The molecule has 0 amide bonds. The van der Waals surface area contributed by atoms with Crippen LogP contribution in [-0.2, 0) is 11.3 Å². The van der Waals surface area contributed by atoms with Crippen LogP contribution in [0.3, 0.4) is 0 Å². The Morgan fingerprint density at radius 2 is 1.86 bits per heavy atom. The number of nitrogens with zero attached hydrogens (tertiary/aromatic N) is 2. The molecule has 0 fully saturated rings.